The van der Waals surface area contributed by atoms with Crippen LogP contribution in [0.2, 0.25) is 0 Å². The van der Waals surface area contributed by atoms with E-state index in [0.717, 1.165) is 10.5 Å². The van der Waals surface area contributed by atoms with Gasteiger partial charge in [0.1, 0.15) is 17.2 Å². The summed E-state index contributed by atoms with van der Waals surface area (Å²) < 4.78 is 5.39. The summed E-state index contributed by atoms with van der Waals surface area (Å²) in [6, 6.07) is 11.1. The standard InChI is InChI=1S/C30H27BrCl2N2O7/c1-42-17-6-9-22(37)20(12-17)24-18-7-8-19-23(21(18)13-29(32)27(40)35(14-31)28(41)30(24,29)33)26(39)34(25(19)38)11-10-15-2-4-16(36)5-3-15/h2-7,9,12,19,21,23-24,36-37H,8,10-11,13-14H2,1H3/t19-,21+,23-,24+,29+,30-/m0/s1. The van der Waals surface area contributed by atoms with Gasteiger partial charge in [-0.25, -0.2) is 0 Å². The summed E-state index contributed by atoms with van der Waals surface area (Å²) in [5, 5.41) is 20.6. The first kappa shape index (κ1) is 29.0. The Bertz CT molecular complexity index is 1550. The summed E-state index contributed by atoms with van der Waals surface area (Å²) in [4.78, 5) is 53.3. The first-order chi connectivity index (χ1) is 20.0. The van der Waals surface area contributed by atoms with E-state index in [2.05, 4.69) is 15.9 Å². The average Bonchev–Trinajstić information content (AvgIpc) is 3.30. The van der Waals surface area contributed by atoms with Gasteiger partial charge in [0, 0.05) is 18.0 Å². The molecule has 42 heavy (non-hydrogen) atoms. The number of carbonyl (C=O) groups excluding carboxylic acids is 4. The van der Waals surface area contributed by atoms with E-state index in [1.807, 2.05) is 6.08 Å². The highest BCUT2D eigenvalue weighted by molar-refractivity contribution is 9.09. The number of ether oxygens (including phenoxy) is 1. The minimum Gasteiger partial charge on any atom is -0.508 e. The number of halogens is 3. The number of alkyl halides is 3. The predicted molar refractivity (Wildman–Crippen MR) is 157 cm³/mol. The Labute approximate surface area is 260 Å². The van der Waals surface area contributed by atoms with Gasteiger partial charge in [-0.2, -0.15) is 0 Å². The molecule has 3 fully saturated rings. The number of benzene rings is 2. The van der Waals surface area contributed by atoms with Gasteiger partial charge in [0.25, 0.3) is 11.8 Å². The van der Waals surface area contributed by atoms with E-state index in [-0.39, 0.29) is 53.7 Å². The molecule has 9 nitrogen and oxygen atoms in total. The second-order valence-corrected chi connectivity index (χ2v) is 12.9. The predicted octanol–water partition coefficient (Wildman–Crippen LogP) is 4.06. The minimum atomic E-state index is -2.01. The minimum absolute atomic E-state index is 0.120. The third-order valence-electron chi connectivity index (χ3n) is 9.21. The van der Waals surface area contributed by atoms with Crippen molar-refractivity contribution in [2.24, 2.45) is 17.8 Å². The summed E-state index contributed by atoms with van der Waals surface area (Å²) in [5.41, 5.74) is 1.54. The number of carbonyl (C=O) groups is 4. The van der Waals surface area contributed by atoms with Crippen molar-refractivity contribution >= 4 is 62.8 Å². The molecule has 6 rings (SSSR count). The molecule has 2 aromatic carbocycles. The molecule has 2 saturated heterocycles. The maximum absolute atomic E-state index is 14.0. The van der Waals surface area contributed by atoms with Crippen molar-refractivity contribution in [3.8, 4) is 17.2 Å². The summed E-state index contributed by atoms with van der Waals surface area (Å²) in [6.45, 7) is 0.151. The maximum Gasteiger partial charge on any atom is 0.254 e. The number of aromatic hydroxyl groups is 2. The molecule has 4 aliphatic rings. The molecule has 220 valence electrons. The van der Waals surface area contributed by atoms with Gasteiger partial charge in [-0.3, -0.25) is 29.0 Å². The van der Waals surface area contributed by atoms with Crippen LogP contribution in [0.4, 0.5) is 0 Å². The number of allylic oxidation sites excluding steroid dienone is 2. The lowest BCUT2D eigenvalue weighted by atomic mass is 9.56. The molecule has 0 bridgehead atoms. The zero-order valence-electron chi connectivity index (χ0n) is 22.4. The molecular weight excluding hydrogens is 651 g/mol. The third-order valence-corrected chi connectivity index (χ3v) is 11.1. The highest BCUT2D eigenvalue weighted by Gasteiger charge is 2.76. The van der Waals surface area contributed by atoms with E-state index in [1.54, 1.807) is 36.4 Å². The van der Waals surface area contributed by atoms with Crippen molar-refractivity contribution in [2.45, 2.75) is 34.9 Å². The summed E-state index contributed by atoms with van der Waals surface area (Å²) in [6.07, 6.45) is 2.31. The fourth-order valence-corrected chi connectivity index (χ4v) is 8.60. The van der Waals surface area contributed by atoms with Crippen molar-refractivity contribution in [2.75, 3.05) is 19.1 Å². The molecular formula is C30H27BrCl2N2O7. The average molecular weight is 678 g/mol. The van der Waals surface area contributed by atoms with Crippen molar-refractivity contribution in [1.82, 2.24) is 9.80 Å². The van der Waals surface area contributed by atoms with Gasteiger partial charge in [-0.05, 0) is 61.1 Å². The molecule has 4 amide bonds. The summed E-state index contributed by atoms with van der Waals surface area (Å²) in [7, 11) is 1.46. The molecule has 1 saturated carbocycles. The smallest absolute Gasteiger partial charge is 0.254 e. The molecule has 0 aromatic heterocycles. The van der Waals surface area contributed by atoms with Gasteiger partial charge in [0.2, 0.25) is 11.8 Å². The van der Waals surface area contributed by atoms with Gasteiger partial charge in [0.15, 0.2) is 9.75 Å². The number of nitrogens with zero attached hydrogens (tertiary/aromatic N) is 2. The molecule has 12 heteroatoms. The SMILES string of the molecule is COc1ccc(O)c([C@H]2C3=CC[C@@H]4C(=O)N(CCc5ccc(O)cc5)C(=O)[C@@H]4[C@@H]3C[C@@]3(Cl)C(=O)N(CBr)C(=O)[C@@]23Cl)c1. The quantitative estimate of drug-likeness (QED) is 0.205. The number of likely N-dealkylation sites (tertiary alicyclic amines) is 2. The first-order valence-corrected chi connectivity index (χ1v) is 15.4. The Balaban J connectivity index is 1.43. The van der Waals surface area contributed by atoms with Crippen LogP contribution in [0, 0.1) is 17.8 Å². The van der Waals surface area contributed by atoms with Crippen LogP contribution in [-0.2, 0) is 25.6 Å². The monoisotopic (exact) mass is 676 g/mol. The molecule has 0 radical (unpaired) electrons. The lowest BCUT2D eigenvalue weighted by Crippen LogP contribution is -2.60. The number of phenolic OH excluding ortho intramolecular Hbond substituents is 2. The van der Waals surface area contributed by atoms with Gasteiger partial charge >= 0.3 is 0 Å². The molecule has 6 atom stereocenters. The van der Waals surface area contributed by atoms with Crippen LogP contribution in [0.15, 0.2) is 54.1 Å². The van der Waals surface area contributed by atoms with Gasteiger partial charge in [0.05, 0.1) is 24.4 Å². The van der Waals surface area contributed by atoms with Gasteiger partial charge < -0.3 is 14.9 Å². The van der Waals surface area contributed by atoms with Crippen LogP contribution in [0.3, 0.4) is 0 Å². The number of imide groups is 2. The van der Waals surface area contributed by atoms with E-state index in [4.69, 9.17) is 27.9 Å². The lowest BCUT2D eigenvalue weighted by molar-refractivity contribution is -0.141. The van der Waals surface area contributed by atoms with Crippen LogP contribution < -0.4 is 4.74 Å². The van der Waals surface area contributed by atoms with Crippen LogP contribution in [0.5, 0.6) is 17.2 Å². The zero-order chi connectivity index (χ0) is 30.1. The van der Waals surface area contributed by atoms with Crippen LogP contribution in [-0.4, -0.2) is 72.5 Å². The Kier molecular flexibility index (Phi) is 7.10. The van der Waals surface area contributed by atoms with Gasteiger partial charge in [-0.15, -0.1) is 23.2 Å². The summed E-state index contributed by atoms with van der Waals surface area (Å²) in [5.74, 6) is -4.99. The summed E-state index contributed by atoms with van der Waals surface area (Å²) >= 11 is 17.6. The molecule has 2 N–H and O–H groups in total. The number of amides is 4. The fourth-order valence-electron chi connectivity index (χ4n) is 7.18. The highest BCUT2D eigenvalue weighted by Crippen LogP contribution is 2.66. The number of hydrogen-bond acceptors (Lipinski definition) is 7. The Morgan fingerprint density at radius 3 is 2.36 bits per heavy atom. The first-order valence-electron chi connectivity index (χ1n) is 13.5. The zero-order valence-corrected chi connectivity index (χ0v) is 25.5. The number of phenols is 2. The molecule has 0 spiro atoms. The van der Waals surface area contributed by atoms with Crippen molar-refractivity contribution in [3.05, 3.63) is 65.2 Å². The molecule has 2 aromatic rings. The Morgan fingerprint density at radius 2 is 1.69 bits per heavy atom. The topological polar surface area (TPSA) is 124 Å². The normalized spacial score (nSPS) is 32.0. The number of rotatable bonds is 6. The van der Waals surface area contributed by atoms with Gasteiger partial charge in [-0.1, -0.05) is 39.7 Å². The van der Waals surface area contributed by atoms with E-state index in [0.29, 0.717) is 17.7 Å². The lowest BCUT2D eigenvalue weighted by Gasteiger charge is -2.50. The van der Waals surface area contributed by atoms with Crippen molar-refractivity contribution < 1.29 is 34.1 Å². The highest BCUT2D eigenvalue weighted by atomic mass is 79.9. The second-order valence-electron chi connectivity index (χ2n) is 11.2. The van der Waals surface area contributed by atoms with E-state index in [1.165, 1.54) is 18.1 Å². The third kappa shape index (κ3) is 3.94. The second kappa shape index (κ2) is 10.3. The number of fused-ring (bicyclic) bond motifs is 4. The van der Waals surface area contributed by atoms with Crippen LogP contribution in [0.25, 0.3) is 0 Å². The Morgan fingerprint density at radius 1 is 0.976 bits per heavy atom. The molecule has 0 unspecified atom stereocenters. The van der Waals surface area contributed by atoms with Crippen molar-refractivity contribution in [1.29, 1.82) is 0 Å². The molecule has 2 aliphatic heterocycles. The van der Waals surface area contributed by atoms with E-state index >= 15 is 0 Å². The van der Waals surface area contributed by atoms with Crippen LogP contribution >= 0.6 is 39.1 Å². The van der Waals surface area contributed by atoms with Crippen molar-refractivity contribution in [3.63, 3.8) is 0 Å². The fraction of sp³-hybridized carbons (Fsp3) is 0.400. The number of hydrogen-bond donors (Lipinski definition) is 2. The largest absolute Gasteiger partial charge is 0.508 e. The molecule has 2 heterocycles. The number of methoxy groups -OCH3 is 1. The van der Waals surface area contributed by atoms with E-state index < -0.39 is 45.2 Å². The molecule has 2 aliphatic carbocycles. The maximum atomic E-state index is 14.0. The Hall–Kier alpha value is -3.08. The van der Waals surface area contributed by atoms with E-state index in [9.17, 15) is 29.4 Å². The van der Waals surface area contributed by atoms with Crippen LogP contribution in [0.1, 0.15) is 29.9 Å².